The Kier molecular flexibility index (Phi) is 5.67. The van der Waals surface area contributed by atoms with Gasteiger partial charge in [0.15, 0.2) is 5.13 Å². The summed E-state index contributed by atoms with van der Waals surface area (Å²) >= 11 is 6.55. The Morgan fingerprint density at radius 1 is 1.21 bits per heavy atom. The Labute approximate surface area is 172 Å². The minimum absolute atomic E-state index is 0.0317. The van der Waals surface area contributed by atoms with Gasteiger partial charge in [-0.1, -0.05) is 29.0 Å². The highest BCUT2D eigenvalue weighted by atomic mass is 35.5. The van der Waals surface area contributed by atoms with Gasteiger partial charge in [-0.15, -0.1) is 0 Å². The second-order valence-corrected chi connectivity index (χ2v) is 7.46. The number of rotatable bonds is 4. The number of carbonyl (C=O) groups excluding carboxylic acids is 1. The molecule has 1 aromatic carbocycles. The largest absolute Gasteiger partial charge is 0.508 e. The first-order chi connectivity index (χ1) is 13.6. The van der Waals surface area contributed by atoms with E-state index in [2.05, 4.69) is 20.6 Å². The van der Waals surface area contributed by atoms with Crippen LogP contribution in [0.1, 0.15) is 26.4 Å². The van der Waals surface area contributed by atoms with E-state index < -0.39 is 23.5 Å². The molecule has 0 aliphatic carbocycles. The molecule has 0 atom stereocenters. The number of carbonyl (C=O) groups is 1. The van der Waals surface area contributed by atoms with Crippen molar-refractivity contribution in [3.05, 3.63) is 57.2 Å². The molecule has 0 saturated carbocycles. The minimum Gasteiger partial charge on any atom is -0.508 e. The number of anilines is 3. The molecule has 0 fully saturated rings. The Bertz CT molecular complexity index is 1090. The topological polar surface area (TPSA) is 87.1 Å². The molecular weight excluding hydrogens is 429 g/mol. The number of aryl methyl sites for hydroxylation is 1. The molecule has 11 heteroatoms. The molecule has 0 unspecified atom stereocenters. The molecule has 3 aromatic rings. The van der Waals surface area contributed by atoms with Crippen molar-refractivity contribution in [2.24, 2.45) is 0 Å². The summed E-state index contributed by atoms with van der Waals surface area (Å²) in [6.45, 7) is 3.42. The summed E-state index contributed by atoms with van der Waals surface area (Å²) in [6.07, 6.45) is -3.41. The highest BCUT2D eigenvalue weighted by Crippen LogP contribution is 2.36. The number of thiazole rings is 1. The number of amides is 1. The van der Waals surface area contributed by atoms with Gasteiger partial charge in [0, 0.05) is 5.56 Å². The van der Waals surface area contributed by atoms with E-state index in [4.69, 9.17) is 11.6 Å². The van der Waals surface area contributed by atoms with Gasteiger partial charge in [0.2, 0.25) is 0 Å². The van der Waals surface area contributed by atoms with E-state index in [1.165, 1.54) is 12.3 Å². The summed E-state index contributed by atoms with van der Waals surface area (Å²) < 4.78 is 39.4. The quantitative estimate of drug-likeness (QED) is 0.462. The lowest BCUT2D eigenvalue weighted by molar-refractivity contribution is -0.137. The predicted octanol–water partition coefficient (Wildman–Crippen LogP) is 5.53. The van der Waals surface area contributed by atoms with Crippen LogP contribution in [0.25, 0.3) is 0 Å². The van der Waals surface area contributed by atoms with Crippen molar-refractivity contribution in [2.45, 2.75) is 20.0 Å². The fourth-order valence-corrected chi connectivity index (χ4v) is 3.36. The number of hydrogen-bond donors (Lipinski definition) is 3. The molecule has 0 aliphatic rings. The van der Waals surface area contributed by atoms with Gasteiger partial charge in [-0.05, 0) is 37.6 Å². The third kappa shape index (κ3) is 4.60. The number of pyridine rings is 1. The molecule has 1 amide bonds. The zero-order valence-corrected chi connectivity index (χ0v) is 16.6. The Balaban J connectivity index is 1.83. The van der Waals surface area contributed by atoms with Crippen molar-refractivity contribution in [2.75, 3.05) is 10.6 Å². The van der Waals surface area contributed by atoms with Crippen molar-refractivity contribution in [1.29, 1.82) is 0 Å². The van der Waals surface area contributed by atoms with Gasteiger partial charge in [-0.3, -0.25) is 4.79 Å². The Morgan fingerprint density at radius 2 is 1.93 bits per heavy atom. The SMILES string of the molecule is Cc1ccc(O)c(C)c1NC(=O)c1cnc(Nc2nc(Cl)ccc2C(F)(F)F)s1. The van der Waals surface area contributed by atoms with E-state index >= 15 is 0 Å². The number of hydrogen-bond acceptors (Lipinski definition) is 6. The van der Waals surface area contributed by atoms with Gasteiger partial charge in [-0.25, -0.2) is 9.97 Å². The van der Waals surface area contributed by atoms with Crippen LogP contribution in [-0.2, 0) is 6.18 Å². The lowest BCUT2D eigenvalue weighted by Gasteiger charge is -2.12. The van der Waals surface area contributed by atoms with Crippen LogP contribution in [0, 0.1) is 13.8 Å². The fourth-order valence-electron chi connectivity index (χ4n) is 2.50. The van der Waals surface area contributed by atoms with Gasteiger partial charge in [-0.2, -0.15) is 13.2 Å². The molecule has 0 bridgehead atoms. The van der Waals surface area contributed by atoms with E-state index in [1.54, 1.807) is 19.9 Å². The molecule has 2 heterocycles. The van der Waals surface area contributed by atoms with Gasteiger partial charge < -0.3 is 15.7 Å². The van der Waals surface area contributed by atoms with E-state index in [0.29, 0.717) is 11.3 Å². The maximum absolute atomic E-state index is 13.1. The molecule has 0 radical (unpaired) electrons. The number of phenolic OH excluding ortho intramolecular Hbond substituents is 1. The van der Waals surface area contributed by atoms with Crippen molar-refractivity contribution < 1.29 is 23.1 Å². The zero-order chi connectivity index (χ0) is 21.3. The van der Waals surface area contributed by atoms with Gasteiger partial charge in [0.25, 0.3) is 5.91 Å². The fraction of sp³-hybridized carbons (Fsp3) is 0.167. The van der Waals surface area contributed by atoms with Gasteiger partial charge >= 0.3 is 6.18 Å². The van der Waals surface area contributed by atoms with Gasteiger partial charge in [0.1, 0.15) is 21.6 Å². The number of aromatic nitrogens is 2. The number of benzene rings is 1. The summed E-state index contributed by atoms with van der Waals surface area (Å²) in [7, 11) is 0. The van der Waals surface area contributed by atoms with Crippen molar-refractivity contribution in [3.8, 4) is 5.75 Å². The Morgan fingerprint density at radius 3 is 2.62 bits per heavy atom. The van der Waals surface area contributed by atoms with Crippen molar-refractivity contribution >= 4 is 45.5 Å². The number of nitrogens with one attached hydrogen (secondary N) is 2. The molecule has 6 nitrogen and oxygen atoms in total. The summed E-state index contributed by atoms with van der Waals surface area (Å²) in [4.78, 5) is 20.3. The number of aromatic hydroxyl groups is 1. The number of nitrogens with zero attached hydrogens (tertiary/aromatic N) is 2. The average molecular weight is 443 g/mol. The smallest absolute Gasteiger partial charge is 0.419 e. The molecule has 3 N–H and O–H groups in total. The molecule has 29 heavy (non-hydrogen) atoms. The number of alkyl halides is 3. The third-order valence-corrected chi connectivity index (χ3v) is 5.13. The first-order valence-electron chi connectivity index (χ1n) is 8.13. The summed E-state index contributed by atoms with van der Waals surface area (Å²) in [5, 5.41) is 14.9. The van der Waals surface area contributed by atoms with Crippen LogP contribution in [0.15, 0.2) is 30.5 Å². The van der Waals surface area contributed by atoms with Crippen LogP contribution >= 0.6 is 22.9 Å². The van der Waals surface area contributed by atoms with Gasteiger partial charge in [0.05, 0.1) is 17.4 Å². The maximum Gasteiger partial charge on any atom is 0.419 e. The zero-order valence-electron chi connectivity index (χ0n) is 15.1. The van der Waals surface area contributed by atoms with Crippen LogP contribution in [0.3, 0.4) is 0 Å². The first-order valence-corrected chi connectivity index (χ1v) is 9.33. The molecule has 3 rings (SSSR count). The van der Waals surface area contributed by atoms with E-state index in [9.17, 15) is 23.1 Å². The molecule has 0 saturated heterocycles. The van der Waals surface area contributed by atoms with E-state index in [0.717, 1.165) is 29.0 Å². The lowest BCUT2D eigenvalue weighted by Crippen LogP contribution is -2.12. The molecule has 0 aliphatic heterocycles. The minimum atomic E-state index is -4.64. The highest BCUT2D eigenvalue weighted by molar-refractivity contribution is 7.17. The number of halogens is 4. The molecular formula is C18H14ClF3N4O2S. The summed E-state index contributed by atoms with van der Waals surface area (Å²) in [6, 6.07) is 5.02. The van der Waals surface area contributed by atoms with Crippen LogP contribution in [0.2, 0.25) is 5.15 Å². The van der Waals surface area contributed by atoms with Crippen LogP contribution in [0.5, 0.6) is 5.75 Å². The molecule has 2 aromatic heterocycles. The second kappa shape index (κ2) is 7.88. The van der Waals surface area contributed by atoms with E-state index in [-0.39, 0.29) is 20.9 Å². The lowest BCUT2D eigenvalue weighted by atomic mass is 10.1. The highest BCUT2D eigenvalue weighted by Gasteiger charge is 2.34. The van der Waals surface area contributed by atoms with Crippen LogP contribution in [0.4, 0.5) is 29.8 Å². The second-order valence-electron chi connectivity index (χ2n) is 6.04. The van der Waals surface area contributed by atoms with Crippen LogP contribution < -0.4 is 10.6 Å². The first kappa shape index (κ1) is 20.9. The van der Waals surface area contributed by atoms with E-state index in [1.807, 2.05) is 0 Å². The molecule has 152 valence electrons. The molecule has 0 spiro atoms. The maximum atomic E-state index is 13.1. The number of phenols is 1. The van der Waals surface area contributed by atoms with Crippen molar-refractivity contribution in [3.63, 3.8) is 0 Å². The standard InChI is InChI=1S/C18H14ClF3N4O2S/c1-8-3-5-11(27)9(2)14(8)25-16(28)12-7-23-17(29-12)26-15-10(18(20,21)22)4-6-13(19)24-15/h3-7,27H,1-2H3,(H,25,28)(H,23,24,26). The predicted molar refractivity (Wildman–Crippen MR) is 105 cm³/mol. The average Bonchev–Trinajstić information content (AvgIpc) is 3.09. The van der Waals surface area contributed by atoms with Crippen LogP contribution in [-0.4, -0.2) is 21.0 Å². The Hall–Kier alpha value is -2.85. The third-order valence-electron chi connectivity index (χ3n) is 4.00. The normalized spacial score (nSPS) is 11.4. The van der Waals surface area contributed by atoms with Crippen molar-refractivity contribution in [1.82, 2.24) is 9.97 Å². The summed E-state index contributed by atoms with van der Waals surface area (Å²) in [5.41, 5.74) is 0.691. The monoisotopic (exact) mass is 442 g/mol. The summed E-state index contributed by atoms with van der Waals surface area (Å²) in [5.74, 6) is -0.988.